The molecular weight excluding hydrogens is 383 g/mol. The fourth-order valence-corrected chi connectivity index (χ4v) is 3.60. The van der Waals surface area contributed by atoms with Gasteiger partial charge in [-0.2, -0.15) is 13.2 Å². The number of piperidine rings is 2. The largest absolute Gasteiger partial charge is 0.416 e. The molecule has 2 fully saturated rings. The quantitative estimate of drug-likeness (QED) is 0.742. The zero-order valence-corrected chi connectivity index (χ0v) is 15.1. The van der Waals surface area contributed by atoms with Gasteiger partial charge in [0.1, 0.15) is 5.82 Å². The van der Waals surface area contributed by atoms with Crippen LogP contribution in [0.2, 0.25) is 0 Å². The van der Waals surface area contributed by atoms with E-state index in [-0.39, 0.29) is 37.3 Å². The van der Waals surface area contributed by atoms with Gasteiger partial charge in [-0.1, -0.05) is 0 Å². The predicted molar refractivity (Wildman–Crippen MR) is 91.7 cm³/mol. The Morgan fingerprint density at radius 3 is 2.60 bits per heavy atom. The average molecular weight is 405 g/mol. The molecule has 0 amide bonds. The summed E-state index contributed by atoms with van der Waals surface area (Å²) in [5.41, 5.74) is -1.33. The van der Waals surface area contributed by atoms with Crippen molar-refractivity contribution in [3.8, 4) is 0 Å². The average Bonchev–Trinajstić information content (AvgIpc) is 2.46. The van der Waals surface area contributed by atoms with Crippen LogP contribution in [0.5, 0.6) is 0 Å². The lowest BCUT2D eigenvalue weighted by Gasteiger charge is -2.47. The van der Waals surface area contributed by atoms with Gasteiger partial charge in [-0.25, -0.2) is 4.39 Å². The van der Waals surface area contributed by atoms with E-state index in [1.54, 1.807) is 0 Å². The molecular formula is C16H22Cl2F4N2O. The van der Waals surface area contributed by atoms with Crippen molar-refractivity contribution >= 4 is 24.8 Å². The SMILES string of the molecule is Cl.Cl.O[C@]12CCNC[C@H]1CN(Cc1cc(F)cc(C(F)(F)F)c1)CC2. The maximum absolute atomic E-state index is 13.5. The number of aliphatic hydroxyl groups is 1. The van der Waals surface area contributed by atoms with Crippen LogP contribution in [0, 0.1) is 11.7 Å². The molecule has 9 heteroatoms. The van der Waals surface area contributed by atoms with E-state index in [4.69, 9.17) is 0 Å². The first-order valence-corrected chi connectivity index (χ1v) is 7.78. The zero-order chi connectivity index (χ0) is 16.7. The third-order valence-electron chi connectivity index (χ3n) is 4.92. The van der Waals surface area contributed by atoms with Gasteiger partial charge in [-0.3, -0.25) is 4.90 Å². The van der Waals surface area contributed by atoms with Crippen LogP contribution in [0.4, 0.5) is 17.6 Å². The minimum Gasteiger partial charge on any atom is -0.389 e. The highest BCUT2D eigenvalue weighted by atomic mass is 35.5. The van der Waals surface area contributed by atoms with Gasteiger partial charge in [0.05, 0.1) is 11.2 Å². The van der Waals surface area contributed by atoms with E-state index in [1.165, 1.54) is 0 Å². The molecule has 1 aromatic carbocycles. The van der Waals surface area contributed by atoms with Crippen LogP contribution in [-0.4, -0.2) is 41.8 Å². The molecule has 2 aliphatic rings. The molecule has 144 valence electrons. The van der Waals surface area contributed by atoms with Gasteiger partial charge in [0.25, 0.3) is 0 Å². The summed E-state index contributed by atoms with van der Waals surface area (Å²) in [5.74, 6) is -0.816. The van der Waals surface area contributed by atoms with Crippen LogP contribution in [0.1, 0.15) is 24.0 Å². The number of likely N-dealkylation sites (tertiary alicyclic amines) is 1. The Labute approximate surface area is 156 Å². The maximum atomic E-state index is 13.5. The van der Waals surface area contributed by atoms with Crippen molar-refractivity contribution < 1.29 is 22.7 Å². The molecule has 3 nitrogen and oxygen atoms in total. The number of alkyl halides is 3. The van der Waals surface area contributed by atoms with Crippen LogP contribution in [-0.2, 0) is 12.7 Å². The Morgan fingerprint density at radius 1 is 1.20 bits per heavy atom. The van der Waals surface area contributed by atoms with Gasteiger partial charge in [0, 0.05) is 32.1 Å². The van der Waals surface area contributed by atoms with Crippen molar-refractivity contribution in [1.29, 1.82) is 0 Å². The molecule has 25 heavy (non-hydrogen) atoms. The molecule has 0 aliphatic carbocycles. The smallest absolute Gasteiger partial charge is 0.389 e. The Bertz CT molecular complexity index is 588. The number of halogens is 6. The zero-order valence-electron chi connectivity index (χ0n) is 13.5. The molecule has 0 aromatic heterocycles. The van der Waals surface area contributed by atoms with Crippen molar-refractivity contribution in [2.45, 2.75) is 31.2 Å². The number of hydrogen-bond donors (Lipinski definition) is 2. The molecule has 2 atom stereocenters. The molecule has 0 saturated carbocycles. The number of benzene rings is 1. The normalized spacial score (nSPS) is 27.0. The van der Waals surface area contributed by atoms with Gasteiger partial charge in [-0.15, -0.1) is 24.8 Å². The van der Waals surface area contributed by atoms with Gasteiger partial charge >= 0.3 is 6.18 Å². The summed E-state index contributed by atoms with van der Waals surface area (Å²) < 4.78 is 51.8. The summed E-state index contributed by atoms with van der Waals surface area (Å²) in [5, 5.41) is 13.8. The lowest BCUT2D eigenvalue weighted by molar-refractivity contribution is -0.137. The third kappa shape index (κ3) is 5.20. The summed E-state index contributed by atoms with van der Waals surface area (Å²) in [7, 11) is 0. The third-order valence-corrected chi connectivity index (χ3v) is 4.92. The van der Waals surface area contributed by atoms with Gasteiger partial charge < -0.3 is 10.4 Å². The lowest BCUT2D eigenvalue weighted by atomic mass is 9.76. The fraction of sp³-hybridized carbons (Fsp3) is 0.625. The second-order valence-corrected chi connectivity index (χ2v) is 6.59. The van der Waals surface area contributed by atoms with Crippen molar-refractivity contribution in [2.75, 3.05) is 26.2 Å². The van der Waals surface area contributed by atoms with Crippen LogP contribution in [0.3, 0.4) is 0 Å². The first-order chi connectivity index (χ1) is 10.8. The summed E-state index contributed by atoms with van der Waals surface area (Å²) in [6, 6.07) is 2.67. The number of rotatable bonds is 2. The highest BCUT2D eigenvalue weighted by molar-refractivity contribution is 5.85. The second-order valence-electron chi connectivity index (χ2n) is 6.59. The van der Waals surface area contributed by atoms with Crippen LogP contribution < -0.4 is 5.32 Å². The van der Waals surface area contributed by atoms with E-state index >= 15 is 0 Å². The monoisotopic (exact) mass is 404 g/mol. The molecule has 0 radical (unpaired) electrons. The Kier molecular flexibility index (Phi) is 7.53. The first-order valence-electron chi connectivity index (χ1n) is 7.78. The first kappa shape index (κ1) is 22.4. The van der Waals surface area contributed by atoms with E-state index in [0.717, 1.165) is 18.7 Å². The Balaban J connectivity index is 0.00000156. The van der Waals surface area contributed by atoms with E-state index in [0.29, 0.717) is 44.1 Å². The standard InChI is InChI=1S/C16H20F4N2O.2ClH/c17-14-6-11(5-12(7-14)16(18,19)20)9-22-4-2-15(23)1-3-21-8-13(15)10-22;;/h5-7,13,21,23H,1-4,8-10H2;2*1H/t13-,15-;;/m0../s1. The minimum atomic E-state index is -4.55. The number of nitrogens with zero attached hydrogens (tertiary/aromatic N) is 1. The van der Waals surface area contributed by atoms with Gasteiger partial charge in [0.15, 0.2) is 0 Å². The molecule has 0 spiro atoms. The molecule has 2 N–H and O–H groups in total. The predicted octanol–water partition coefficient (Wildman–Crippen LogP) is 3.23. The molecule has 2 saturated heterocycles. The topological polar surface area (TPSA) is 35.5 Å². The maximum Gasteiger partial charge on any atom is 0.416 e. The van der Waals surface area contributed by atoms with E-state index < -0.39 is 23.2 Å². The number of fused-ring (bicyclic) bond motifs is 1. The minimum absolute atomic E-state index is 0. The van der Waals surface area contributed by atoms with E-state index in [1.807, 2.05) is 4.90 Å². The van der Waals surface area contributed by atoms with Crippen LogP contribution >= 0.6 is 24.8 Å². The lowest BCUT2D eigenvalue weighted by Crippen LogP contribution is -2.58. The highest BCUT2D eigenvalue weighted by Gasteiger charge is 2.42. The second kappa shape index (κ2) is 8.39. The summed E-state index contributed by atoms with van der Waals surface area (Å²) in [6.07, 6.45) is -3.25. The summed E-state index contributed by atoms with van der Waals surface area (Å²) in [4.78, 5) is 1.99. The summed E-state index contributed by atoms with van der Waals surface area (Å²) in [6.45, 7) is 2.94. The molecule has 2 aliphatic heterocycles. The summed E-state index contributed by atoms with van der Waals surface area (Å²) >= 11 is 0. The number of hydrogen-bond acceptors (Lipinski definition) is 3. The molecule has 1 aromatic rings. The fourth-order valence-electron chi connectivity index (χ4n) is 3.60. The van der Waals surface area contributed by atoms with Crippen LogP contribution in [0.15, 0.2) is 18.2 Å². The highest BCUT2D eigenvalue weighted by Crippen LogP contribution is 2.34. The Hall–Kier alpha value is -0.600. The van der Waals surface area contributed by atoms with E-state index in [2.05, 4.69) is 5.32 Å². The molecule has 3 rings (SSSR count). The molecule has 0 bridgehead atoms. The van der Waals surface area contributed by atoms with Gasteiger partial charge in [-0.05, 0) is 43.1 Å². The van der Waals surface area contributed by atoms with Crippen molar-refractivity contribution in [3.63, 3.8) is 0 Å². The van der Waals surface area contributed by atoms with E-state index in [9.17, 15) is 22.7 Å². The van der Waals surface area contributed by atoms with Crippen molar-refractivity contribution in [1.82, 2.24) is 10.2 Å². The number of nitrogens with one attached hydrogen (secondary N) is 1. The molecule has 0 unspecified atom stereocenters. The van der Waals surface area contributed by atoms with Crippen molar-refractivity contribution in [2.24, 2.45) is 5.92 Å². The van der Waals surface area contributed by atoms with Gasteiger partial charge in [0.2, 0.25) is 0 Å². The Morgan fingerprint density at radius 2 is 1.92 bits per heavy atom. The molecule has 2 heterocycles. The van der Waals surface area contributed by atoms with Crippen molar-refractivity contribution in [3.05, 3.63) is 35.1 Å². The van der Waals surface area contributed by atoms with Crippen LogP contribution in [0.25, 0.3) is 0 Å².